The SMILES string of the molecule is N#CC1CCCN(CC(N)C(N)=O)C1. The molecule has 0 aliphatic carbocycles. The maximum Gasteiger partial charge on any atom is 0.235 e. The van der Waals surface area contributed by atoms with E-state index in [0.29, 0.717) is 13.1 Å². The van der Waals surface area contributed by atoms with Crippen LogP contribution < -0.4 is 11.5 Å². The van der Waals surface area contributed by atoms with Gasteiger partial charge in [0.1, 0.15) is 0 Å². The van der Waals surface area contributed by atoms with Crippen molar-refractivity contribution >= 4 is 5.91 Å². The summed E-state index contributed by atoms with van der Waals surface area (Å²) < 4.78 is 0. The molecule has 1 saturated heterocycles. The molecule has 0 aromatic carbocycles. The number of hydrogen-bond acceptors (Lipinski definition) is 4. The van der Waals surface area contributed by atoms with Gasteiger partial charge in [-0.3, -0.25) is 9.69 Å². The number of piperidine rings is 1. The Morgan fingerprint density at radius 3 is 3.00 bits per heavy atom. The Balaban J connectivity index is 2.38. The molecule has 0 aromatic rings. The molecule has 0 saturated carbocycles. The smallest absolute Gasteiger partial charge is 0.235 e. The third-order valence-electron chi connectivity index (χ3n) is 2.51. The van der Waals surface area contributed by atoms with Crippen LogP contribution in [-0.4, -0.2) is 36.5 Å². The molecule has 2 unspecified atom stereocenters. The highest BCUT2D eigenvalue weighted by Crippen LogP contribution is 2.15. The van der Waals surface area contributed by atoms with Gasteiger partial charge in [-0.25, -0.2) is 0 Å². The van der Waals surface area contributed by atoms with E-state index in [0.717, 1.165) is 19.4 Å². The largest absolute Gasteiger partial charge is 0.368 e. The van der Waals surface area contributed by atoms with Crippen LogP contribution in [0.2, 0.25) is 0 Å². The lowest BCUT2D eigenvalue weighted by Gasteiger charge is -2.30. The van der Waals surface area contributed by atoms with Gasteiger partial charge in [-0.05, 0) is 19.4 Å². The van der Waals surface area contributed by atoms with Crippen LogP contribution in [-0.2, 0) is 4.79 Å². The number of nitriles is 1. The lowest BCUT2D eigenvalue weighted by Crippen LogP contribution is -2.48. The third kappa shape index (κ3) is 2.98. The number of primary amides is 1. The van der Waals surface area contributed by atoms with E-state index >= 15 is 0 Å². The Bertz CT molecular complexity index is 248. The number of nitrogens with zero attached hydrogens (tertiary/aromatic N) is 2. The molecule has 5 heteroatoms. The highest BCUT2D eigenvalue weighted by molar-refractivity contribution is 5.79. The van der Waals surface area contributed by atoms with E-state index < -0.39 is 11.9 Å². The number of amides is 1. The molecule has 1 rings (SSSR count). The number of likely N-dealkylation sites (tertiary alicyclic amines) is 1. The van der Waals surface area contributed by atoms with E-state index in [4.69, 9.17) is 16.7 Å². The van der Waals surface area contributed by atoms with Crippen LogP contribution in [0.1, 0.15) is 12.8 Å². The summed E-state index contributed by atoms with van der Waals surface area (Å²) >= 11 is 0. The molecule has 1 aliphatic rings. The summed E-state index contributed by atoms with van der Waals surface area (Å²) in [4.78, 5) is 12.8. The molecule has 0 bridgehead atoms. The monoisotopic (exact) mass is 196 g/mol. The summed E-state index contributed by atoms with van der Waals surface area (Å²) in [6.07, 6.45) is 1.93. The molecular formula is C9H16N4O. The zero-order valence-corrected chi connectivity index (χ0v) is 8.15. The number of rotatable bonds is 3. The summed E-state index contributed by atoms with van der Waals surface area (Å²) in [5.74, 6) is -0.409. The van der Waals surface area contributed by atoms with Gasteiger partial charge in [0.2, 0.25) is 5.91 Å². The molecule has 1 fully saturated rings. The first kappa shape index (κ1) is 11.0. The van der Waals surface area contributed by atoms with Crippen molar-refractivity contribution in [2.45, 2.75) is 18.9 Å². The Morgan fingerprint density at radius 2 is 2.43 bits per heavy atom. The minimum atomic E-state index is -0.618. The Morgan fingerprint density at radius 1 is 1.71 bits per heavy atom. The van der Waals surface area contributed by atoms with Gasteiger partial charge in [-0.2, -0.15) is 5.26 Å². The van der Waals surface area contributed by atoms with E-state index in [1.165, 1.54) is 0 Å². The van der Waals surface area contributed by atoms with Gasteiger partial charge >= 0.3 is 0 Å². The molecule has 5 nitrogen and oxygen atoms in total. The van der Waals surface area contributed by atoms with Crippen LogP contribution in [0.15, 0.2) is 0 Å². The quantitative estimate of drug-likeness (QED) is 0.607. The maximum absolute atomic E-state index is 10.7. The van der Waals surface area contributed by atoms with Crippen LogP contribution in [0.25, 0.3) is 0 Å². The molecule has 1 aliphatic heterocycles. The van der Waals surface area contributed by atoms with Gasteiger partial charge in [-0.1, -0.05) is 0 Å². The van der Waals surface area contributed by atoms with Crippen molar-refractivity contribution in [3.8, 4) is 6.07 Å². The average molecular weight is 196 g/mol. The second-order valence-corrected chi connectivity index (χ2v) is 3.74. The fraction of sp³-hybridized carbons (Fsp3) is 0.778. The average Bonchev–Trinajstić information content (AvgIpc) is 2.18. The van der Waals surface area contributed by atoms with Crippen LogP contribution in [0.5, 0.6) is 0 Å². The fourth-order valence-corrected chi connectivity index (χ4v) is 1.69. The number of hydrogen-bond donors (Lipinski definition) is 2. The minimum absolute atomic E-state index is 0.0730. The Hall–Kier alpha value is -1.12. The summed E-state index contributed by atoms with van der Waals surface area (Å²) in [7, 11) is 0. The summed E-state index contributed by atoms with van der Waals surface area (Å²) in [6.45, 7) is 2.07. The van der Waals surface area contributed by atoms with Crippen LogP contribution >= 0.6 is 0 Å². The highest BCUT2D eigenvalue weighted by Gasteiger charge is 2.22. The standard InChI is InChI=1S/C9H16N4O/c10-4-7-2-1-3-13(5-7)6-8(11)9(12)14/h7-8H,1-3,5-6,11H2,(H2,12,14). The summed E-state index contributed by atoms with van der Waals surface area (Å²) in [5.41, 5.74) is 10.6. The molecule has 0 radical (unpaired) electrons. The molecule has 4 N–H and O–H groups in total. The lowest BCUT2D eigenvalue weighted by atomic mass is 9.99. The summed E-state index contributed by atoms with van der Waals surface area (Å²) in [6, 6.07) is 1.62. The van der Waals surface area contributed by atoms with E-state index in [-0.39, 0.29) is 5.92 Å². The Labute approximate surface area is 83.6 Å². The molecule has 1 amide bonds. The third-order valence-corrected chi connectivity index (χ3v) is 2.51. The van der Waals surface area contributed by atoms with Crippen molar-refractivity contribution in [1.29, 1.82) is 5.26 Å². The van der Waals surface area contributed by atoms with E-state index in [1.807, 2.05) is 4.90 Å². The predicted octanol–water partition coefficient (Wildman–Crippen LogP) is -0.965. The zero-order valence-electron chi connectivity index (χ0n) is 8.15. The second kappa shape index (κ2) is 4.94. The number of nitrogens with two attached hydrogens (primary N) is 2. The van der Waals surface area contributed by atoms with Gasteiger partial charge in [-0.15, -0.1) is 0 Å². The van der Waals surface area contributed by atoms with Crippen molar-refractivity contribution in [3.05, 3.63) is 0 Å². The van der Waals surface area contributed by atoms with E-state index in [1.54, 1.807) is 0 Å². The first-order valence-corrected chi connectivity index (χ1v) is 4.80. The first-order chi connectivity index (χ1) is 6.63. The molecule has 2 atom stereocenters. The molecule has 78 valence electrons. The lowest BCUT2D eigenvalue weighted by molar-refractivity contribution is -0.119. The number of carbonyl (C=O) groups is 1. The summed E-state index contributed by atoms with van der Waals surface area (Å²) in [5, 5.41) is 8.75. The van der Waals surface area contributed by atoms with Crippen LogP contribution in [0, 0.1) is 17.2 Å². The molecule has 0 aromatic heterocycles. The van der Waals surface area contributed by atoms with Gasteiger partial charge in [0.15, 0.2) is 0 Å². The maximum atomic E-state index is 10.7. The zero-order chi connectivity index (χ0) is 10.6. The van der Waals surface area contributed by atoms with Gasteiger partial charge < -0.3 is 11.5 Å². The number of carbonyl (C=O) groups excluding carboxylic acids is 1. The molecule has 1 heterocycles. The van der Waals surface area contributed by atoms with Crippen molar-refractivity contribution < 1.29 is 4.79 Å². The van der Waals surface area contributed by atoms with Gasteiger partial charge in [0.25, 0.3) is 0 Å². The highest BCUT2D eigenvalue weighted by atomic mass is 16.1. The van der Waals surface area contributed by atoms with Gasteiger partial charge in [0.05, 0.1) is 18.0 Å². The van der Waals surface area contributed by atoms with E-state index in [9.17, 15) is 4.79 Å². The minimum Gasteiger partial charge on any atom is -0.368 e. The predicted molar refractivity (Wildman–Crippen MR) is 51.9 cm³/mol. The van der Waals surface area contributed by atoms with Crippen molar-refractivity contribution in [2.24, 2.45) is 17.4 Å². The normalized spacial score (nSPS) is 25.3. The van der Waals surface area contributed by atoms with Crippen molar-refractivity contribution in [1.82, 2.24) is 4.90 Å². The second-order valence-electron chi connectivity index (χ2n) is 3.74. The topological polar surface area (TPSA) is 96.1 Å². The van der Waals surface area contributed by atoms with Crippen molar-refractivity contribution in [3.63, 3.8) is 0 Å². The molecule has 0 spiro atoms. The van der Waals surface area contributed by atoms with Crippen LogP contribution in [0.4, 0.5) is 0 Å². The van der Waals surface area contributed by atoms with Gasteiger partial charge in [0, 0.05) is 13.1 Å². The van der Waals surface area contributed by atoms with E-state index in [2.05, 4.69) is 6.07 Å². The molecule has 14 heavy (non-hydrogen) atoms. The van der Waals surface area contributed by atoms with Crippen molar-refractivity contribution in [2.75, 3.05) is 19.6 Å². The first-order valence-electron chi connectivity index (χ1n) is 4.80. The van der Waals surface area contributed by atoms with Crippen LogP contribution in [0.3, 0.4) is 0 Å². The Kier molecular flexibility index (Phi) is 3.86. The fourth-order valence-electron chi connectivity index (χ4n) is 1.69. The molecular weight excluding hydrogens is 180 g/mol.